The maximum absolute atomic E-state index is 6.23. The van der Waals surface area contributed by atoms with Crippen LogP contribution in [0.2, 0.25) is 0 Å². The number of likely N-dealkylation sites (N-methyl/N-ethyl adjacent to an activating group) is 2. The lowest BCUT2D eigenvalue weighted by molar-refractivity contribution is 0.145. The monoisotopic (exact) mass is 488 g/mol. The third-order valence-electron chi connectivity index (χ3n) is 6.13. The van der Waals surface area contributed by atoms with E-state index in [1.54, 1.807) is 12.4 Å². The van der Waals surface area contributed by atoms with Crippen molar-refractivity contribution in [3.8, 4) is 17.0 Å². The fourth-order valence-corrected chi connectivity index (χ4v) is 4.08. The first kappa shape index (κ1) is 25.8. The van der Waals surface area contributed by atoms with Crippen molar-refractivity contribution in [2.75, 3.05) is 51.8 Å². The minimum absolute atomic E-state index is 0.447. The SMILES string of the molecule is CCN(CC)CCOc1ccc2cc1CN(C)CC=CCOCc1cc(ccn1)-c1ccnc(n1)N2. The molecule has 8 heteroatoms. The van der Waals surface area contributed by atoms with Gasteiger partial charge in [-0.2, -0.15) is 0 Å². The largest absolute Gasteiger partial charge is 0.492 e. The number of pyridine rings is 1. The number of aromatic nitrogens is 3. The van der Waals surface area contributed by atoms with Gasteiger partial charge in [-0.15, -0.1) is 0 Å². The number of rotatable bonds is 6. The van der Waals surface area contributed by atoms with Gasteiger partial charge < -0.3 is 19.7 Å². The Morgan fingerprint density at radius 1 is 1.06 bits per heavy atom. The molecule has 190 valence electrons. The smallest absolute Gasteiger partial charge is 0.227 e. The summed E-state index contributed by atoms with van der Waals surface area (Å²) in [5.74, 6) is 1.45. The van der Waals surface area contributed by atoms with Gasteiger partial charge in [-0.3, -0.25) is 9.88 Å². The molecule has 3 aromatic rings. The van der Waals surface area contributed by atoms with Crippen molar-refractivity contribution in [3.05, 3.63) is 72.2 Å². The second-order valence-electron chi connectivity index (χ2n) is 8.81. The fraction of sp³-hybridized carbons (Fsp3) is 0.393. The Morgan fingerprint density at radius 2 is 1.92 bits per heavy atom. The molecule has 2 aromatic heterocycles. The lowest BCUT2D eigenvalue weighted by Gasteiger charge is -2.21. The average molecular weight is 489 g/mol. The molecule has 0 spiro atoms. The van der Waals surface area contributed by atoms with E-state index in [1.165, 1.54) is 0 Å². The summed E-state index contributed by atoms with van der Waals surface area (Å²) in [7, 11) is 2.10. The zero-order valence-corrected chi connectivity index (χ0v) is 21.5. The highest BCUT2D eigenvalue weighted by molar-refractivity contribution is 5.63. The van der Waals surface area contributed by atoms with E-state index < -0.39 is 0 Å². The molecule has 3 heterocycles. The Hall–Kier alpha value is -3.33. The number of benzene rings is 1. The molecule has 36 heavy (non-hydrogen) atoms. The van der Waals surface area contributed by atoms with Crippen LogP contribution in [0.25, 0.3) is 11.3 Å². The predicted molar refractivity (Wildman–Crippen MR) is 143 cm³/mol. The summed E-state index contributed by atoms with van der Waals surface area (Å²) in [6, 6.07) is 12.0. The van der Waals surface area contributed by atoms with Crippen molar-refractivity contribution >= 4 is 11.6 Å². The van der Waals surface area contributed by atoms with Gasteiger partial charge in [-0.25, -0.2) is 9.97 Å². The minimum Gasteiger partial charge on any atom is -0.492 e. The van der Waals surface area contributed by atoms with Crippen LogP contribution < -0.4 is 10.1 Å². The van der Waals surface area contributed by atoms with E-state index in [0.717, 1.165) is 66.7 Å². The third kappa shape index (κ3) is 7.34. The molecule has 1 N–H and O–H groups in total. The first-order chi connectivity index (χ1) is 17.6. The van der Waals surface area contributed by atoms with Crippen LogP contribution in [-0.2, 0) is 17.9 Å². The van der Waals surface area contributed by atoms with Crippen LogP contribution in [0.15, 0.2) is 60.9 Å². The lowest BCUT2D eigenvalue weighted by atomic mass is 10.1. The average Bonchev–Trinajstić information content (AvgIpc) is 2.89. The zero-order valence-electron chi connectivity index (χ0n) is 21.5. The predicted octanol–water partition coefficient (Wildman–Crippen LogP) is 4.52. The van der Waals surface area contributed by atoms with Crippen LogP contribution in [0, 0.1) is 0 Å². The maximum atomic E-state index is 6.23. The Balaban J connectivity index is 1.60. The zero-order chi connectivity index (χ0) is 25.2. The molecular weight excluding hydrogens is 452 g/mol. The number of anilines is 2. The van der Waals surface area contributed by atoms with E-state index in [1.807, 2.05) is 30.3 Å². The second-order valence-corrected chi connectivity index (χ2v) is 8.81. The Morgan fingerprint density at radius 3 is 2.78 bits per heavy atom. The van der Waals surface area contributed by atoms with E-state index in [9.17, 15) is 0 Å². The number of hydrogen-bond donors (Lipinski definition) is 1. The third-order valence-corrected chi connectivity index (χ3v) is 6.13. The molecule has 0 saturated carbocycles. The summed E-state index contributed by atoms with van der Waals surface area (Å²) in [5.41, 5.74) is 4.71. The molecule has 1 aromatic carbocycles. The molecule has 0 unspecified atom stereocenters. The molecule has 4 rings (SSSR count). The van der Waals surface area contributed by atoms with E-state index in [2.05, 4.69) is 64.2 Å². The van der Waals surface area contributed by atoms with Gasteiger partial charge >= 0.3 is 0 Å². The van der Waals surface area contributed by atoms with E-state index in [0.29, 0.717) is 25.8 Å². The summed E-state index contributed by atoms with van der Waals surface area (Å²) < 4.78 is 12.0. The van der Waals surface area contributed by atoms with Gasteiger partial charge in [0.2, 0.25) is 5.95 Å². The van der Waals surface area contributed by atoms with E-state index in [-0.39, 0.29) is 0 Å². The molecule has 0 radical (unpaired) electrons. The van der Waals surface area contributed by atoms with E-state index >= 15 is 0 Å². The first-order valence-corrected chi connectivity index (χ1v) is 12.6. The summed E-state index contributed by atoms with van der Waals surface area (Å²) in [6.07, 6.45) is 7.75. The van der Waals surface area contributed by atoms with Gasteiger partial charge in [0.1, 0.15) is 12.4 Å². The quantitative estimate of drug-likeness (QED) is 0.508. The number of hydrogen-bond acceptors (Lipinski definition) is 8. The first-order valence-electron chi connectivity index (χ1n) is 12.6. The fourth-order valence-electron chi connectivity index (χ4n) is 4.08. The Bertz CT molecular complexity index is 1150. The summed E-state index contributed by atoms with van der Waals surface area (Å²) >= 11 is 0. The molecule has 0 fully saturated rings. The molecule has 1 aliphatic rings. The number of nitrogens with one attached hydrogen (secondary N) is 1. The maximum Gasteiger partial charge on any atom is 0.227 e. The molecule has 0 saturated heterocycles. The molecular formula is C28H36N6O2. The molecule has 8 nitrogen and oxygen atoms in total. The molecule has 0 aliphatic carbocycles. The highest BCUT2D eigenvalue weighted by atomic mass is 16.5. The number of fused-ring (bicyclic) bond motifs is 7. The summed E-state index contributed by atoms with van der Waals surface area (Å²) in [5, 5.41) is 3.37. The van der Waals surface area contributed by atoms with E-state index in [4.69, 9.17) is 14.5 Å². The molecule has 0 atom stereocenters. The van der Waals surface area contributed by atoms with Crippen LogP contribution in [-0.4, -0.2) is 71.2 Å². The van der Waals surface area contributed by atoms with Gasteiger partial charge in [0.05, 0.1) is 24.6 Å². The molecule has 1 aliphatic heterocycles. The second kappa shape index (κ2) is 13.1. The number of ether oxygens (including phenoxy) is 2. The summed E-state index contributed by atoms with van der Waals surface area (Å²) in [6.45, 7) is 10.5. The molecule has 6 bridgehead atoms. The highest BCUT2D eigenvalue weighted by Gasteiger charge is 2.11. The van der Waals surface area contributed by atoms with Crippen LogP contribution in [0.3, 0.4) is 0 Å². The van der Waals surface area contributed by atoms with Crippen molar-refractivity contribution in [3.63, 3.8) is 0 Å². The van der Waals surface area contributed by atoms with Gasteiger partial charge in [-0.1, -0.05) is 26.0 Å². The lowest BCUT2D eigenvalue weighted by Crippen LogP contribution is -2.28. The topological polar surface area (TPSA) is 75.6 Å². The summed E-state index contributed by atoms with van der Waals surface area (Å²) in [4.78, 5) is 18.2. The van der Waals surface area contributed by atoms with Gasteiger partial charge in [0, 0.05) is 48.8 Å². The van der Waals surface area contributed by atoms with Gasteiger partial charge in [-0.05, 0) is 56.5 Å². The van der Waals surface area contributed by atoms with Crippen molar-refractivity contribution in [1.82, 2.24) is 24.8 Å². The van der Waals surface area contributed by atoms with Crippen molar-refractivity contribution in [1.29, 1.82) is 0 Å². The van der Waals surface area contributed by atoms with Crippen molar-refractivity contribution in [2.45, 2.75) is 27.0 Å². The normalized spacial score (nSPS) is 14.7. The molecule has 0 amide bonds. The minimum atomic E-state index is 0.447. The van der Waals surface area contributed by atoms with Crippen LogP contribution in [0.1, 0.15) is 25.1 Å². The van der Waals surface area contributed by atoms with Crippen molar-refractivity contribution < 1.29 is 9.47 Å². The van der Waals surface area contributed by atoms with Gasteiger partial charge in [0.15, 0.2) is 0 Å². The van der Waals surface area contributed by atoms with Crippen molar-refractivity contribution in [2.24, 2.45) is 0 Å². The Labute approximate surface area is 214 Å². The highest BCUT2D eigenvalue weighted by Crippen LogP contribution is 2.27. The van der Waals surface area contributed by atoms with Crippen LogP contribution in [0.5, 0.6) is 5.75 Å². The Kier molecular flexibility index (Phi) is 9.38. The van der Waals surface area contributed by atoms with Gasteiger partial charge in [0.25, 0.3) is 0 Å². The standard InChI is InChI=1S/C28H36N6O2/c1-4-34(5-2)15-17-36-27-9-8-24-19-23(27)20-33(3)14-6-7-16-35-21-25-18-22(10-12-29-25)26-11-13-30-28(31-24)32-26/h6-13,18-19H,4-5,14-17,20-21H2,1-3H3,(H,30,31,32). The van der Waals surface area contributed by atoms with Crippen LogP contribution in [0.4, 0.5) is 11.6 Å². The number of nitrogens with zero attached hydrogens (tertiary/aromatic N) is 5. The van der Waals surface area contributed by atoms with Crippen LogP contribution >= 0.6 is 0 Å².